The summed E-state index contributed by atoms with van der Waals surface area (Å²) in [6.07, 6.45) is -8.47. The van der Waals surface area contributed by atoms with Crippen molar-refractivity contribution in [3.05, 3.63) is 0 Å². The van der Waals surface area contributed by atoms with Crippen LogP contribution in [0.1, 0.15) is 0 Å². The summed E-state index contributed by atoms with van der Waals surface area (Å²) < 4.78 is 519. The van der Waals surface area contributed by atoms with Gasteiger partial charge in [-0.05, 0) is 0 Å². The van der Waals surface area contributed by atoms with Crippen molar-refractivity contribution in [1.82, 2.24) is 0 Å². The minimum Gasteiger partial charge on any atom is -0.373 e. The molecule has 0 atom stereocenters. The lowest BCUT2D eigenvalue weighted by atomic mass is 9.82. The Bertz CT molecular complexity index is 1500. The molecule has 0 amide bonds. The fraction of sp³-hybridized carbons (Fsp3) is 1.00. The van der Waals surface area contributed by atoms with E-state index in [4.69, 9.17) is 0 Å². The third kappa shape index (κ3) is 6.47. The third-order valence-corrected chi connectivity index (χ3v) is 10.6. The number of hydrogen-bond donors (Lipinski definition) is 0. The van der Waals surface area contributed by atoms with Crippen LogP contribution in [-0.4, -0.2) is 137 Å². The molecule has 0 spiro atoms. The maximum Gasteiger partial charge on any atom is 0.581 e. The SMILES string of the molecule is CO[Si](OC)(OC)C(F)(F)C(F)(F)C(F)(F)C(F)(F)C(F)(F)C(F)(F)C(F)(F)C(F)(F)C(F)(F)C(F)(F)C(F)(F)C(F)(F)C(F)(F)C(F)(F)C(F)(F)C(F)(F)C(F)(F)C(F)(F)F. The van der Waals surface area contributed by atoms with Crippen LogP contribution < -0.4 is 0 Å². The molecule has 0 radical (unpaired) electrons. The monoisotopic (exact) mass is 1040 g/mol. The molecule has 3 nitrogen and oxygen atoms in total. The van der Waals surface area contributed by atoms with Crippen LogP contribution in [0.3, 0.4) is 0 Å². The maximum absolute atomic E-state index is 14.4. The van der Waals surface area contributed by atoms with Crippen molar-refractivity contribution < 1.29 is 176 Å². The smallest absolute Gasteiger partial charge is 0.373 e. The average molecular weight is 1040 g/mol. The normalized spacial score (nSPS) is 17.2. The molecule has 0 fully saturated rings. The first-order chi connectivity index (χ1) is 26.2. The van der Waals surface area contributed by atoms with Crippen LogP contribution in [0.2, 0.25) is 0 Å². The Labute approximate surface area is 313 Å². The molecule has 0 rings (SSSR count). The molecule has 41 heteroatoms. The van der Waals surface area contributed by atoms with Gasteiger partial charge in [0.1, 0.15) is 0 Å². The summed E-state index contributed by atoms with van der Waals surface area (Å²) in [5.74, 6) is -159. The van der Waals surface area contributed by atoms with Crippen molar-refractivity contribution in [3.8, 4) is 0 Å². The van der Waals surface area contributed by atoms with Crippen LogP contribution >= 0.6 is 0 Å². The van der Waals surface area contributed by atoms with Gasteiger partial charge in [-0.2, -0.15) is 162 Å². The van der Waals surface area contributed by atoms with Gasteiger partial charge in [0.15, 0.2) is 0 Å². The van der Waals surface area contributed by atoms with Gasteiger partial charge in [0, 0.05) is 21.3 Å². The second-order valence-electron chi connectivity index (χ2n) is 11.4. The van der Waals surface area contributed by atoms with E-state index in [0.717, 1.165) is 0 Å². The van der Waals surface area contributed by atoms with E-state index in [1.165, 1.54) is 0 Å². The Balaban J connectivity index is 7.98. The summed E-state index contributed by atoms with van der Waals surface area (Å²) >= 11 is 0. The lowest BCUT2D eigenvalue weighted by Gasteiger charge is -2.47. The van der Waals surface area contributed by atoms with E-state index in [1.54, 1.807) is 0 Å². The lowest BCUT2D eigenvalue weighted by molar-refractivity contribution is -0.493. The van der Waals surface area contributed by atoms with E-state index in [0.29, 0.717) is 0 Å². The highest BCUT2D eigenvalue weighted by Gasteiger charge is 3.03. The minimum absolute atomic E-state index is 0.374. The molecule has 0 aliphatic rings. The largest absolute Gasteiger partial charge is 0.581 e. The van der Waals surface area contributed by atoms with Crippen LogP contribution in [-0.2, 0) is 13.3 Å². The van der Waals surface area contributed by atoms with Crippen LogP contribution in [0.4, 0.5) is 162 Å². The molecule has 0 saturated heterocycles. The van der Waals surface area contributed by atoms with Crippen LogP contribution in [0.25, 0.3) is 0 Å². The first kappa shape index (κ1) is 59.5. The van der Waals surface area contributed by atoms with Crippen LogP contribution in [0, 0.1) is 0 Å². The number of halogens is 37. The van der Waals surface area contributed by atoms with Crippen LogP contribution in [0.15, 0.2) is 0 Å². The molecule has 0 aliphatic heterocycles. The quantitative estimate of drug-likeness (QED) is 0.0898. The summed E-state index contributed by atoms with van der Waals surface area (Å²) in [6.45, 7) is 0. The molecule has 0 aromatic rings. The summed E-state index contributed by atoms with van der Waals surface area (Å²) in [6, 6.07) is 0. The molecule has 0 N–H and O–H groups in total. The zero-order valence-corrected chi connectivity index (χ0v) is 28.7. The highest BCUT2D eigenvalue weighted by molar-refractivity contribution is 6.63. The van der Waals surface area contributed by atoms with Gasteiger partial charge in [0.25, 0.3) is 0 Å². The molecule has 0 aromatic heterocycles. The van der Waals surface area contributed by atoms with E-state index in [1.807, 2.05) is 0 Å². The predicted octanol–water partition coefficient (Wildman–Crippen LogP) is 11.8. The second kappa shape index (κ2) is 14.8. The zero-order valence-electron chi connectivity index (χ0n) is 27.7. The molecule has 0 bridgehead atoms. The molecule has 62 heavy (non-hydrogen) atoms. The Hall–Kier alpha value is -2.49. The average Bonchev–Trinajstić information content (AvgIpc) is 3.07. The van der Waals surface area contributed by atoms with E-state index in [2.05, 4.69) is 13.3 Å². The first-order valence-electron chi connectivity index (χ1n) is 13.3. The maximum atomic E-state index is 14.4. The molecule has 374 valence electrons. The highest BCUT2D eigenvalue weighted by atomic mass is 28.4. The standard InChI is InChI=1S/C21H9F37O3Si/c1-59-62(60-2,61-3)21(57,58)19(52,53)17(48,49)15(44,45)13(40,41)11(36,37)9(32,33)7(28,29)5(24,25)4(22,23)6(26,27)8(30,31)10(34,35)12(38,39)14(42,43)16(46,47)18(50,51)20(54,55)56/h1-3H3. The Morgan fingerprint density at radius 3 is 0.419 bits per heavy atom. The molecular weight excluding hydrogens is 1030 g/mol. The van der Waals surface area contributed by atoms with Gasteiger partial charge in [-0.1, -0.05) is 0 Å². The molecule has 0 heterocycles. The second-order valence-corrected chi connectivity index (χ2v) is 14.4. The van der Waals surface area contributed by atoms with Crippen molar-refractivity contribution >= 4 is 8.80 Å². The summed E-state index contributed by atoms with van der Waals surface area (Å²) in [4.78, 5) is 0. The van der Waals surface area contributed by atoms with Gasteiger partial charge in [-0.25, -0.2) is 0 Å². The third-order valence-electron chi connectivity index (χ3n) is 7.86. The Kier molecular flexibility index (Phi) is 14.2. The van der Waals surface area contributed by atoms with Crippen molar-refractivity contribution in [1.29, 1.82) is 0 Å². The molecular formula is C21H9F37O3Si. The van der Waals surface area contributed by atoms with E-state index < -0.39 is 115 Å². The van der Waals surface area contributed by atoms with Gasteiger partial charge >= 0.3 is 115 Å². The van der Waals surface area contributed by atoms with Crippen molar-refractivity contribution in [3.63, 3.8) is 0 Å². The van der Waals surface area contributed by atoms with Gasteiger partial charge < -0.3 is 13.3 Å². The van der Waals surface area contributed by atoms with Gasteiger partial charge in [-0.15, -0.1) is 0 Å². The summed E-state index contributed by atoms with van der Waals surface area (Å²) in [7, 11) is -8.37. The van der Waals surface area contributed by atoms with Gasteiger partial charge in [-0.3, -0.25) is 0 Å². The predicted molar refractivity (Wildman–Crippen MR) is 117 cm³/mol. The molecule has 0 aliphatic carbocycles. The number of alkyl halides is 37. The molecule has 0 saturated carbocycles. The van der Waals surface area contributed by atoms with Gasteiger partial charge in [0.2, 0.25) is 0 Å². The first-order valence-corrected chi connectivity index (χ1v) is 15.1. The van der Waals surface area contributed by atoms with E-state index in [-0.39, 0.29) is 21.3 Å². The number of rotatable bonds is 20. The number of hydrogen-bond acceptors (Lipinski definition) is 3. The zero-order chi connectivity index (χ0) is 51.6. The Morgan fingerprint density at radius 2 is 0.306 bits per heavy atom. The minimum atomic E-state index is -10.5. The van der Waals surface area contributed by atoms with E-state index >= 15 is 0 Å². The fourth-order valence-electron chi connectivity index (χ4n) is 3.96. The molecule has 0 unspecified atom stereocenters. The van der Waals surface area contributed by atoms with Crippen molar-refractivity contribution in [2.45, 2.75) is 106 Å². The summed E-state index contributed by atoms with van der Waals surface area (Å²) in [5, 5.41) is 0. The Morgan fingerprint density at radius 1 is 0.194 bits per heavy atom. The lowest BCUT2D eigenvalue weighted by Crippen LogP contribution is -2.81. The topological polar surface area (TPSA) is 27.7 Å². The van der Waals surface area contributed by atoms with Crippen molar-refractivity contribution in [2.75, 3.05) is 21.3 Å². The van der Waals surface area contributed by atoms with Gasteiger partial charge in [0.05, 0.1) is 0 Å². The van der Waals surface area contributed by atoms with Crippen LogP contribution in [0.5, 0.6) is 0 Å². The fourth-order valence-corrected chi connectivity index (χ4v) is 5.77. The summed E-state index contributed by atoms with van der Waals surface area (Å²) in [5.41, 5.74) is -7.53. The molecule has 0 aromatic carbocycles. The highest BCUT2D eigenvalue weighted by Crippen LogP contribution is 2.71. The van der Waals surface area contributed by atoms with Crippen molar-refractivity contribution in [2.24, 2.45) is 0 Å². The van der Waals surface area contributed by atoms with E-state index in [9.17, 15) is 162 Å².